The zero-order chi connectivity index (χ0) is 17.8. The Morgan fingerprint density at radius 1 is 1.00 bits per heavy atom. The molecular formula is C21H37NO. The van der Waals surface area contributed by atoms with Crippen molar-refractivity contribution in [1.82, 2.24) is 0 Å². The van der Waals surface area contributed by atoms with Crippen LogP contribution in [0.3, 0.4) is 0 Å². The smallest absolute Gasteiger partial charge is 0.120 e. The molecule has 0 saturated carbocycles. The van der Waals surface area contributed by atoms with Crippen molar-refractivity contribution < 1.29 is 4.74 Å². The lowest BCUT2D eigenvalue weighted by atomic mass is 9.68. The van der Waals surface area contributed by atoms with Gasteiger partial charge in [0.15, 0.2) is 0 Å². The molecule has 0 aliphatic rings. The van der Waals surface area contributed by atoms with E-state index >= 15 is 0 Å². The highest BCUT2D eigenvalue weighted by Crippen LogP contribution is 2.40. The van der Waals surface area contributed by atoms with Crippen LogP contribution in [0.5, 0.6) is 5.75 Å². The van der Waals surface area contributed by atoms with Crippen LogP contribution < -0.4 is 10.5 Å². The van der Waals surface area contributed by atoms with Gasteiger partial charge in [-0.25, -0.2) is 0 Å². The molecule has 0 aliphatic carbocycles. The lowest BCUT2D eigenvalue weighted by Crippen LogP contribution is -2.45. The lowest BCUT2D eigenvalue weighted by Gasteiger charge is -2.40. The molecule has 0 heterocycles. The first kappa shape index (κ1) is 20.0. The van der Waals surface area contributed by atoms with E-state index in [1.807, 2.05) is 0 Å². The third-order valence-electron chi connectivity index (χ3n) is 5.20. The van der Waals surface area contributed by atoms with Gasteiger partial charge in [-0.3, -0.25) is 0 Å². The number of hydrogen-bond donors (Lipinski definition) is 1. The van der Waals surface area contributed by atoms with E-state index < -0.39 is 0 Å². The van der Waals surface area contributed by atoms with Gasteiger partial charge >= 0.3 is 0 Å². The monoisotopic (exact) mass is 319 g/mol. The molecule has 23 heavy (non-hydrogen) atoms. The van der Waals surface area contributed by atoms with E-state index in [0.29, 0.717) is 17.8 Å². The summed E-state index contributed by atoms with van der Waals surface area (Å²) in [5.41, 5.74) is 7.65. The molecule has 132 valence electrons. The van der Waals surface area contributed by atoms with Gasteiger partial charge in [0.1, 0.15) is 11.4 Å². The summed E-state index contributed by atoms with van der Waals surface area (Å²) >= 11 is 0. The van der Waals surface area contributed by atoms with Crippen LogP contribution in [-0.4, -0.2) is 11.1 Å². The molecule has 4 unspecified atom stereocenters. The van der Waals surface area contributed by atoms with Crippen LogP contribution in [0.1, 0.15) is 79.7 Å². The molecule has 0 saturated heterocycles. The number of benzene rings is 1. The molecule has 1 aromatic rings. The fourth-order valence-corrected chi connectivity index (χ4v) is 3.30. The van der Waals surface area contributed by atoms with Gasteiger partial charge in [0.2, 0.25) is 0 Å². The van der Waals surface area contributed by atoms with E-state index in [1.165, 1.54) is 12.0 Å². The van der Waals surface area contributed by atoms with Gasteiger partial charge in [0.25, 0.3) is 0 Å². The standard InChI is InChI=1S/C21H37NO/c1-9-15(3)16(4)19(21(8,22)10-2)17-11-13-18(14-12-17)23-20(5,6)7/h11-16,19H,9-10,22H2,1-8H3. The van der Waals surface area contributed by atoms with Crippen molar-refractivity contribution in [2.75, 3.05) is 0 Å². The van der Waals surface area contributed by atoms with Crippen LogP contribution in [-0.2, 0) is 0 Å². The minimum atomic E-state index is -0.199. The molecule has 0 aliphatic heterocycles. The van der Waals surface area contributed by atoms with E-state index in [1.54, 1.807) is 0 Å². The third-order valence-corrected chi connectivity index (χ3v) is 5.20. The SMILES string of the molecule is CCC(C)C(C)C(c1ccc(OC(C)(C)C)cc1)C(C)(N)CC. The normalized spacial score (nSPS) is 18.8. The second-order valence-electron chi connectivity index (χ2n) is 8.37. The Morgan fingerprint density at radius 3 is 1.91 bits per heavy atom. The molecule has 0 radical (unpaired) electrons. The molecule has 2 heteroatoms. The van der Waals surface area contributed by atoms with E-state index in [9.17, 15) is 0 Å². The van der Waals surface area contributed by atoms with Gasteiger partial charge in [0.05, 0.1) is 0 Å². The van der Waals surface area contributed by atoms with Gasteiger partial charge in [-0.1, -0.05) is 46.2 Å². The summed E-state index contributed by atoms with van der Waals surface area (Å²) in [6, 6.07) is 8.57. The van der Waals surface area contributed by atoms with Crippen LogP contribution in [0.25, 0.3) is 0 Å². The van der Waals surface area contributed by atoms with Crippen molar-refractivity contribution in [2.45, 2.75) is 85.3 Å². The van der Waals surface area contributed by atoms with Crippen LogP contribution in [0, 0.1) is 11.8 Å². The summed E-state index contributed by atoms with van der Waals surface area (Å²) in [6.45, 7) is 17.5. The molecule has 1 rings (SSSR count). The van der Waals surface area contributed by atoms with Gasteiger partial charge in [-0.05, 0) is 63.6 Å². The molecule has 4 atom stereocenters. The Bertz CT molecular complexity index is 470. The minimum absolute atomic E-state index is 0.170. The van der Waals surface area contributed by atoms with Gasteiger partial charge in [-0.15, -0.1) is 0 Å². The maximum absolute atomic E-state index is 6.69. The highest BCUT2D eigenvalue weighted by atomic mass is 16.5. The average molecular weight is 320 g/mol. The van der Waals surface area contributed by atoms with Crippen molar-refractivity contribution in [3.8, 4) is 5.75 Å². The molecule has 0 amide bonds. The number of ether oxygens (including phenoxy) is 1. The molecule has 0 aromatic heterocycles. The molecule has 0 bridgehead atoms. The Hall–Kier alpha value is -1.02. The fraction of sp³-hybridized carbons (Fsp3) is 0.714. The van der Waals surface area contributed by atoms with Crippen molar-refractivity contribution in [1.29, 1.82) is 0 Å². The number of hydrogen-bond acceptors (Lipinski definition) is 2. The van der Waals surface area contributed by atoms with Crippen molar-refractivity contribution in [3.63, 3.8) is 0 Å². The largest absolute Gasteiger partial charge is 0.488 e. The predicted octanol–water partition coefficient (Wildman–Crippen LogP) is 5.76. The van der Waals surface area contributed by atoms with Crippen LogP contribution in [0.2, 0.25) is 0 Å². The van der Waals surface area contributed by atoms with E-state index in [-0.39, 0.29) is 11.1 Å². The van der Waals surface area contributed by atoms with E-state index in [4.69, 9.17) is 10.5 Å². The second kappa shape index (κ2) is 7.70. The first-order chi connectivity index (χ1) is 10.5. The summed E-state index contributed by atoms with van der Waals surface area (Å²) in [6.07, 6.45) is 2.15. The van der Waals surface area contributed by atoms with Crippen LogP contribution in [0.15, 0.2) is 24.3 Å². The minimum Gasteiger partial charge on any atom is -0.488 e. The number of nitrogens with two attached hydrogens (primary N) is 1. The summed E-state index contributed by atoms with van der Waals surface area (Å²) in [5.74, 6) is 2.47. The Kier molecular flexibility index (Phi) is 6.70. The molecule has 0 spiro atoms. The first-order valence-electron chi connectivity index (χ1n) is 9.09. The fourth-order valence-electron chi connectivity index (χ4n) is 3.30. The summed E-state index contributed by atoms with van der Waals surface area (Å²) in [7, 11) is 0. The first-order valence-corrected chi connectivity index (χ1v) is 9.09. The van der Waals surface area contributed by atoms with Crippen molar-refractivity contribution in [2.24, 2.45) is 17.6 Å². The van der Waals surface area contributed by atoms with E-state index in [2.05, 4.69) is 79.7 Å². The number of rotatable bonds is 7. The highest BCUT2D eigenvalue weighted by molar-refractivity contribution is 5.32. The van der Waals surface area contributed by atoms with Crippen molar-refractivity contribution >= 4 is 0 Å². The Morgan fingerprint density at radius 2 is 1.52 bits per heavy atom. The molecule has 0 fully saturated rings. The van der Waals surface area contributed by atoms with Gasteiger partial charge in [-0.2, -0.15) is 0 Å². The molecule has 1 aromatic carbocycles. The zero-order valence-electron chi connectivity index (χ0n) is 16.4. The Balaban J connectivity index is 3.13. The lowest BCUT2D eigenvalue weighted by molar-refractivity contribution is 0.131. The summed E-state index contributed by atoms with van der Waals surface area (Å²) < 4.78 is 5.95. The van der Waals surface area contributed by atoms with Gasteiger partial charge in [0, 0.05) is 11.5 Å². The second-order valence-corrected chi connectivity index (χ2v) is 8.37. The predicted molar refractivity (Wildman–Crippen MR) is 101 cm³/mol. The third kappa shape index (κ3) is 5.53. The Labute approximate surface area is 143 Å². The van der Waals surface area contributed by atoms with Crippen LogP contribution in [0.4, 0.5) is 0 Å². The molecule has 2 N–H and O–H groups in total. The van der Waals surface area contributed by atoms with Crippen LogP contribution >= 0.6 is 0 Å². The molecule has 2 nitrogen and oxygen atoms in total. The van der Waals surface area contributed by atoms with Crippen molar-refractivity contribution in [3.05, 3.63) is 29.8 Å². The zero-order valence-corrected chi connectivity index (χ0v) is 16.4. The molecular weight excluding hydrogens is 282 g/mol. The van der Waals surface area contributed by atoms with E-state index in [0.717, 1.165) is 12.2 Å². The topological polar surface area (TPSA) is 35.2 Å². The average Bonchev–Trinajstić information content (AvgIpc) is 2.46. The maximum Gasteiger partial charge on any atom is 0.120 e. The summed E-state index contributed by atoms with van der Waals surface area (Å²) in [4.78, 5) is 0. The summed E-state index contributed by atoms with van der Waals surface area (Å²) in [5, 5.41) is 0. The highest BCUT2D eigenvalue weighted by Gasteiger charge is 2.35. The quantitative estimate of drug-likeness (QED) is 0.693. The maximum atomic E-state index is 6.69. The van der Waals surface area contributed by atoms with Gasteiger partial charge < -0.3 is 10.5 Å².